The van der Waals surface area contributed by atoms with Crippen molar-refractivity contribution in [3.8, 4) is 0 Å². The highest BCUT2D eigenvalue weighted by Gasteiger charge is 2.39. The van der Waals surface area contributed by atoms with Crippen molar-refractivity contribution in [1.29, 1.82) is 0 Å². The van der Waals surface area contributed by atoms with Gasteiger partial charge < -0.3 is 10.4 Å². The molecule has 0 saturated heterocycles. The Morgan fingerprint density at radius 3 is 2.53 bits per heavy atom. The first kappa shape index (κ1) is 11.9. The molecule has 0 unspecified atom stereocenters. The van der Waals surface area contributed by atoms with Crippen LogP contribution in [0.2, 0.25) is 5.02 Å². The van der Waals surface area contributed by atoms with Crippen molar-refractivity contribution in [1.82, 2.24) is 10.3 Å². The highest BCUT2D eigenvalue weighted by molar-refractivity contribution is 6.35. The molecule has 0 saturated carbocycles. The van der Waals surface area contributed by atoms with Crippen LogP contribution >= 0.6 is 11.6 Å². The number of aliphatic hydroxyl groups excluding tert-OH is 1. The quantitative estimate of drug-likeness (QED) is 0.806. The number of aryl methyl sites for hydroxylation is 1. The van der Waals surface area contributed by atoms with Crippen LogP contribution in [0.5, 0.6) is 0 Å². The van der Waals surface area contributed by atoms with Crippen LogP contribution in [-0.4, -0.2) is 21.5 Å². The first-order valence-electron chi connectivity index (χ1n) is 5.21. The molecular weight excluding hydrogens is 240 g/mol. The Labute approximate surface area is 104 Å². The van der Waals surface area contributed by atoms with Crippen molar-refractivity contribution in [2.24, 2.45) is 0 Å². The maximum absolute atomic E-state index is 11.9. The SMILES string of the molecule is Cc1cncc(Cl)c1C1=C(O)C(C)(C)NC1=O. The number of nitrogens with one attached hydrogen (secondary N) is 1. The summed E-state index contributed by atoms with van der Waals surface area (Å²) in [6.07, 6.45) is 3.07. The molecule has 2 rings (SSSR count). The van der Waals surface area contributed by atoms with Crippen molar-refractivity contribution in [3.63, 3.8) is 0 Å². The molecule has 1 aliphatic rings. The number of carbonyl (C=O) groups excluding carboxylic acids is 1. The number of carbonyl (C=O) groups is 1. The third kappa shape index (κ3) is 1.78. The van der Waals surface area contributed by atoms with E-state index in [0.29, 0.717) is 10.6 Å². The minimum absolute atomic E-state index is 0.0127. The lowest BCUT2D eigenvalue weighted by Crippen LogP contribution is -2.38. The molecule has 1 amide bonds. The van der Waals surface area contributed by atoms with Crippen LogP contribution < -0.4 is 5.32 Å². The van der Waals surface area contributed by atoms with Gasteiger partial charge in [-0.2, -0.15) is 0 Å². The lowest BCUT2D eigenvalue weighted by molar-refractivity contribution is -0.115. The molecule has 0 fully saturated rings. The van der Waals surface area contributed by atoms with E-state index in [2.05, 4.69) is 10.3 Å². The fraction of sp³-hybridized carbons (Fsp3) is 0.333. The predicted octanol–water partition coefficient (Wildman–Crippen LogP) is 2.22. The van der Waals surface area contributed by atoms with Crippen LogP contribution in [0.3, 0.4) is 0 Å². The van der Waals surface area contributed by atoms with Gasteiger partial charge in [-0.15, -0.1) is 0 Å². The Hall–Kier alpha value is -1.55. The molecule has 0 spiro atoms. The Kier molecular flexibility index (Phi) is 2.62. The minimum atomic E-state index is -0.758. The summed E-state index contributed by atoms with van der Waals surface area (Å²) in [5.74, 6) is -0.303. The maximum Gasteiger partial charge on any atom is 0.256 e. The Bertz CT molecular complexity index is 515. The fourth-order valence-corrected chi connectivity index (χ4v) is 2.21. The zero-order valence-corrected chi connectivity index (χ0v) is 10.6. The van der Waals surface area contributed by atoms with Gasteiger partial charge in [0, 0.05) is 18.0 Å². The number of aliphatic hydroxyl groups is 1. The Morgan fingerprint density at radius 1 is 1.41 bits per heavy atom. The lowest BCUT2D eigenvalue weighted by atomic mass is 9.98. The number of halogens is 1. The molecule has 0 radical (unpaired) electrons. The largest absolute Gasteiger partial charge is 0.509 e. The van der Waals surface area contributed by atoms with Gasteiger partial charge in [0.25, 0.3) is 5.91 Å². The standard InChI is InChI=1S/C12H13ClN2O2/c1-6-4-14-5-7(13)8(6)9-10(16)12(2,3)15-11(9)17/h4-5,16H,1-3H3,(H,15,17). The van der Waals surface area contributed by atoms with Gasteiger partial charge >= 0.3 is 0 Å². The highest BCUT2D eigenvalue weighted by atomic mass is 35.5. The van der Waals surface area contributed by atoms with Gasteiger partial charge in [0.1, 0.15) is 5.76 Å². The summed E-state index contributed by atoms with van der Waals surface area (Å²) in [6, 6.07) is 0. The summed E-state index contributed by atoms with van der Waals surface area (Å²) < 4.78 is 0. The van der Waals surface area contributed by atoms with Crippen molar-refractivity contribution >= 4 is 23.1 Å². The summed E-state index contributed by atoms with van der Waals surface area (Å²) >= 11 is 6.05. The topological polar surface area (TPSA) is 62.2 Å². The number of hydrogen-bond acceptors (Lipinski definition) is 3. The van der Waals surface area contributed by atoms with E-state index in [1.165, 1.54) is 6.20 Å². The molecule has 0 atom stereocenters. The van der Waals surface area contributed by atoms with Gasteiger partial charge in [-0.05, 0) is 26.3 Å². The zero-order chi connectivity index (χ0) is 12.8. The molecule has 0 aliphatic carbocycles. The van der Waals surface area contributed by atoms with Crippen LogP contribution in [0.1, 0.15) is 25.0 Å². The number of pyridine rings is 1. The predicted molar refractivity (Wildman–Crippen MR) is 65.8 cm³/mol. The van der Waals surface area contributed by atoms with Gasteiger partial charge in [0.15, 0.2) is 0 Å². The monoisotopic (exact) mass is 252 g/mol. The molecule has 1 aromatic heterocycles. The summed E-state index contributed by atoms with van der Waals surface area (Å²) in [5, 5.41) is 13.2. The third-order valence-electron chi connectivity index (χ3n) is 2.82. The molecule has 2 N–H and O–H groups in total. The molecule has 17 heavy (non-hydrogen) atoms. The summed E-state index contributed by atoms with van der Waals surface area (Å²) in [7, 11) is 0. The van der Waals surface area contributed by atoms with Crippen LogP contribution in [-0.2, 0) is 4.79 Å². The average Bonchev–Trinajstić information content (AvgIpc) is 2.39. The molecule has 90 valence electrons. The lowest BCUT2D eigenvalue weighted by Gasteiger charge is -2.17. The van der Waals surface area contributed by atoms with Crippen LogP contribution in [0.4, 0.5) is 0 Å². The van der Waals surface area contributed by atoms with Gasteiger partial charge in [0.05, 0.1) is 16.1 Å². The molecule has 5 heteroatoms. The first-order valence-corrected chi connectivity index (χ1v) is 5.59. The number of amides is 1. The second-order valence-corrected chi connectivity index (χ2v) is 5.02. The van der Waals surface area contributed by atoms with Gasteiger partial charge in [-0.25, -0.2) is 0 Å². The van der Waals surface area contributed by atoms with Crippen LogP contribution in [0.15, 0.2) is 18.2 Å². The second kappa shape index (κ2) is 3.74. The van der Waals surface area contributed by atoms with Crippen molar-refractivity contribution in [3.05, 3.63) is 34.3 Å². The van der Waals surface area contributed by atoms with E-state index in [0.717, 1.165) is 5.56 Å². The van der Waals surface area contributed by atoms with Crippen molar-refractivity contribution in [2.45, 2.75) is 26.3 Å². The molecule has 0 aromatic carbocycles. The molecule has 1 aromatic rings. The first-order chi connectivity index (χ1) is 7.84. The van der Waals surface area contributed by atoms with Gasteiger partial charge in [-0.1, -0.05) is 11.6 Å². The van der Waals surface area contributed by atoms with E-state index in [1.807, 2.05) is 0 Å². The zero-order valence-electron chi connectivity index (χ0n) is 9.84. The normalized spacial score (nSPS) is 18.5. The molecular formula is C12H13ClN2O2. The van der Waals surface area contributed by atoms with Crippen LogP contribution in [0, 0.1) is 6.92 Å². The van der Waals surface area contributed by atoms with Crippen molar-refractivity contribution in [2.75, 3.05) is 0 Å². The van der Waals surface area contributed by atoms with E-state index >= 15 is 0 Å². The van der Waals surface area contributed by atoms with Crippen molar-refractivity contribution < 1.29 is 9.90 Å². The van der Waals surface area contributed by atoms with E-state index in [-0.39, 0.29) is 17.2 Å². The fourth-order valence-electron chi connectivity index (χ4n) is 1.91. The number of aromatic nitrogens is 1. The Morgan fingerprint density at radius 2 is 2.06 bits per heavy atom. The number of nitrogens with zero attached hydrogens (tertiary/aromatic N) is 1. The summed E-state index contributed by atoms with van der Waals surface area (Å²) in [5.41, 5.74) is 0.778. The van der Waals surface area contributed by atoms with E-state index in [9.17, 15) is 9.90 Å². The number of hydrogen-bond donors (Lipinski definition) is 2. The van der Waals surface area contributed by atoms with E-state index in [4.69, 9.17) is 11.6 Å². The van der Waals surface area contributed by atoms with Gasteiger partial charge in [-0.3, -0.25) is 9.78 Å². The summed E-state index contributed by atoms with van der Waals surface area (Å²) in [4.78, 5) is 15.8. The van der Waals surface area contributed by atoms with Crippen LogP contribution in [0.25, 0.3) is 5.57 Å². The third-order valence-corrected chi connectivity index (χ3v) is 3.11. The van der Waals surface area contributed by atoms with E-state index < -0.39 is 5.54 Å². The minimum Gasteiger partial charge on any atom is -0.509 e. The maximum atomic E-state index is 11.9. The molecule has 2 heterocycles. The molecule has 0 bridgehead atoms. The van der Waals surface area contributed by atoms with Gasteiger partial charge in [0.2, 0.25) is 0 Å². The summed E-state index contributed by atoms with van der Waals surface area (Å²) in [6.45, 7) is 5.27. The Balaban J connectivity index is 2.69. The average molecular weight is 253 g/mol. The second-order valence-electron chi connectivity index (χ2n) is 4.62. The molecule has 4 nitrogen and oxygen atoms in total. The number of rotatable bonds is 1. The highest BCUT2D eigenvalue weighted by Crippen LogP contribution is 2.35. The van der Waals surface area contributed by atoms with E-state index in [1.54, 1.807) is 27.0 Å². The molecule has 1 aliphatic heterocycles. The smallest absolute Gasteiger partial charge is 0.256 e.